The van der Waals surface area contributed by atoms with Crippen LogP contribution in [-0.2, 0) is 0 Å². The summed E-state index contributed by atoms with van der Waals surface area (Å²) in [6, 6.07) is 18.6. The maximum atomic E-state index is 5.93. The first-order valence-electron chi connectivity index (χ1n) is 9.11. The van der Waals surface area contributed by atoms with Gasteiger partial charge in [0.1, 0.15) is 10.7 Å². The summed E-state index contributed by atoms with van der Waals surface area (Å²) < 4.78 is 0. The van der Waals surface area contributed by atoms with Crippen LogP contribution >= 0.6 is 23.2 Å². The molecule has 0 amide bonds. The van der Waals surface area contributed by atoms with Gasteiger partial charge in [-0.05, 0) is 60.7 Å². The Morgan fingerprint density at radius 3 is 1.47 bits per heavy atom. The van der Waals surface area contributed by atoms with Gasteiger partial charge in [0.25, 0.3) is 0 Å². The van der Waals surface area contributed by atoms with Crippen LogP contribution in [0.4, 0.5) is 11.4 Å². The van der Waals surface area contributed by atoms with Gasteiger partial charge in [-0.15, -0.1) is 0 Å². The number of nitrogens with zero attached hydrogens (tertiary/aromatic N) is 4. The first-order chi connectivity index (χ1) is 14.7. The van der Waals surface area contributed by atoms with E-state index in [0.29, 0.717) is 10.0 Å². The maximum absolute atomic E-state index is 5.93. The van der Waals surface area contributed by atoms with Crippen molar-refractivity contribution in [1.82, 2.24) is 9.97 Å². The summed E-state index contributed by atoms with van der Waals surface area (Å²) in [5, 5.41) is 13.6. The Morgan fingerprint density at radius 2 is 1.03 bits per heavy atom. The summed E-state index contributed by atoms with van der Waals surface area (Å²) in [7, 11) is 0. The summed E-state index contributed by atoms with van der Waals surface area (Å²) in [6.45, 7) is 0. The van der Waals surface area contributed by atoms with Crippen molar-refractivity contribution in [3.05, 3.63) is 93.8 Å². The van der Waals surface area contributed by atoms with Crippen LogP contribution in [0, 0.1) is 0 Å². The minimum absolute atomic E-state index is 0.676. The minimum atomic E-state index is 0.676. The first kappa shape index (κ1) is 18.5. The van der Waals surface area contributed by atoms with Gasteiger partial charge in [0.2, 0.25) is 0 Å². The van der Waals surface area contributed by atoms with E-state index in [4.69, 9.17) is 23.2 Å². The van der Waals surface area contributed by atoms with Gasteiger partial charge in [0, 0.05) is 20.8 Å². The van der Waals surface area contributed by atoms with E-state index in [1.165, 1.54) is 0 Å². The Balaban J connectivity index is 1.52. The lowest BCUT2D eigenvalue weighted by molar-refractivity contribution is 1.23. The molecule has 0 aliphatic rings. The van der Waals surface area contributed by atoms with E-state index in [2.05, 4.69) is 31.0 Å². The zero-order valence-corrected chi connectivity index (χ0v) is 17.0. The van der Waals surface area contributed by atoms with Crippen LogP contribution in [-0.4, -0.2) is 9.97 Å². The third-order valence-corrected chi connectivity index (χ3v) is 5.12. The van der Waals surface area contributed by atoms with Crippen LogP contribution in [0.25, 0.3) is 21.8 Å². The molecule has 6 nitrogen and oxygen atoms in total. The number of fused-ring (bicyclic) bond motifs is 2. The molecule has 0 saturated carbocycles. The zero-order chi connectivity index (χ0) is 20.5. The first-order valence-corrected chi connectivity index (χ1v) is 9.87. The SMILES string of the molecule is Clc1ccc(N/N=c2\cnc3cc4nc/c(=N\Nc5ccc(Cl)cc5)c4cc23)cc1. The second kappa shape index (κ2) is 7.74. The average Bonchev–Trinajstić information content (AvgIpc) is 3.35. The van der Waals surface area contributed by atoms with Gasteiger partial charge < -0.3 is 0 Å². The van der Waals surface area contributed by atoms with Gasteiger partial charge in [-0.1, -0.05) is 23.2 Å². The molecule has 0 radical (unpaired) electrons. The fraction of sp³-hybridized carbons (Fsp3) is 0. The largest absolute Gasteiger partial charge is 0.278 e. The van der Waals surface area contributed by atoms with E-state index >= 15 is 0 Å². The van der Waals surface area contributed by atoms with Crippen LogP contribution in [0.3, 0.4) is 0 Å². The Labute approximate surface area is 181 Å². The zero-order valence-electron chi connectivity index (χ0n) is 15.5. The molecule has 146 valence electrons. The molecule has 30 heavy (non-hydrogen) atoms. The molecule has 0 aliphatic carbocycles. The summed E-state index contributed by atoms with van der Waals surface area (Å²) in [6.07, 6.45) is 3.46. The molecule has 0 aliphatic heterocycles. The number of nitrogens with one attached hydrogen (secondary N) is 2. The molecule has 0 atom stereocenters. The molecule has 5 aromatic rings. The van der Waals surface area contributed by atoms with E-state index in [0.717, 1.165) is 43.9 Å². The van der Waals surface area contributed by atoms with Crippen molar-refractivity contribution < 1.29 is 0 Å². The predicted octanol–water partition coefficient (Wildman–Crippen LogP) is 4.82. The monoisotopic (exact) mass is 432 g/mol. The van der Waals surface area contributed by atoms with Gasteiger partial charge in [-0.2, -0.15) is 10.2 Å². The topological polar surface area (TPSA) is 74.6 Å². The molecular formula is C22H14Cl2N6. The highest BCUT2D eigenvalue weighted by atomic mass is 35.5. The molecule has 2 heterocycles. The number of hydrogen-bond donors (Lipinski definition) is 2. The standard InChI is InChI=1S/C22H14Cl2N6/c23-13-1-5-15(6-2-13)27-29-21-11-25-19-10-20-18(9-17(19)21)22(12-26-20)30-28-16-7-3-14(24)4-8-16/h1-12,27-28H/b29-21+,30-22+. The highest BCUT2D eigenvalue weighted by molar-refractivity contribution is 6.30. The van der Waals surface area contributed by atoms with E-state index < -0.39 is 0 Å². The summed E-state index contributed by atoms with van der Waals surface area (Å²) in [5.41, 5.74) is 9.41. The number of benzene rings is 3. The molecule has 0 saturated heterocycles. The average molecular weight is 433 g/mol. The number of halogens is 2. The Kier molecular flexibility index (Phi) is 4.78. The fourth-order valence-electron chi connectivity index (χ4n) is 3.08. The number of hydrogen-bond acceptors (Lipinski definition) is 6. The van der Waals surface area contributed by atoms with Crippen molar-refractivity contribution in [2.45, 2.75) is 0 Å². The van der Waals surface area contributed by atoms with Crippen molar-refractivity contribution in [3.63, 3.8) is 0 Å². The van der Waals surface area contributed by atoms with E-state index in [1.807, 2.05) is 36.4 Å². The third-order valence-electron chi connectivity index (χ3n) is 4.62. The van der Waals surface area contributed by atoms with Gasteiger partial charge in [0.15, 0.2) is 0 Å². The van der Waals surface area contributed by atoms with Gasteiger partial charge in [0.05, 0.1) is 34.8 Å². The van der Waals surface area contributed by atoms with Crippen LogP contribution in [0.15, 0.2) is 83.3 Å². The molecule has 8 heteroatoms. The van der Waals surface area contributed by atoms with Crippen LogP contribution < -0.4 is 21.6 Å². The van der Waals surface area contributed by atoms with Crippen LogP contribution in [0.2, 0.25) is 10.0 Å². The molecule has 5 rings (SSSR count). The normalized spacial score (nSPS) is 12.7. The number of aromatic nitrogens is 2. The molecule has 2 N–H and O–H groups in total. The molecule has 0 spiro atoms. The van der Waals surface area contributed by atoms with E-state index in [1.54, 1.807) is 36.7 Å². The maximum Gasteiger partial charge on any atom is 0.111 e. The highest BCUT2D eigenvalue weighted by Gasteiger charge is 2.07. The van der Waals surface area contributed by atoms with Crippen LogP contribution in [0.1, 0.15) is 0 Å². The number of rotatable bonds is 4. The molecule has 2 aromatic heterocycles. The molecule has 3 aromatic carbocycles. The van der Waals surface area contributed by atoms with E-state index in [-0.39, 0.29) is 0 Å². The quantitative estimate of drug-likeness (QED) is 0.399. The van der Waals surface area contributed by atoms with Crippen LogP contribution in [0.5, 0.6) is 0 Å². The highest BCUT2D eigenvalue weighted by Crippen LogP contribution is 2.17. The smallest absolute Gasteiger partial charge is 0.111 e. The van der Waals surface area contributed by atoms with Gasteiger partial charge >= 0.3 is 0 Å². The number of anilines is 2. The Bertz CT molecular complexity index is 1340. The summed E-state index contributed by atoms with van der Waals surface area (Å²) in [5.74, 6) is 0. The second-order valence-electron chi connectivity index (χ2n) is 6.63. The van der Waals surface area contributed by atoms with Crippen molar-refractivity contribution >= 4 is 56.4 Å². The van der Waals surface area contributed by atoms with Gasteiger partial charge in [-0.25, -0.2) is 0 Å². The predicted molar refractivity (Wildman–Crippen MR) is 121 cm³/mol. The fourth-order valence-corrected chi connectivity index (χ4v) is 3.33. The minimum Gasteiger partial charge on any atom is -0.278 e. The lowest BCUT2D eigenvalue weighted by Crippen LogP contribution is -2.04. The molecule has 0 unspecified atom stereocenters. The molecule has 0 fully saturated rings. The summed E-state index contributed by atoms with van der Waals surface area (Å²) in [4.78, 5) is 8.91. The van der Waals surface area contributed by atoms with E-state index in [9.17, 15) is 0 Å². The summed E-state index contributed by atoms with van der Waals surface area (Å²) >= 11 is 11.9. The van der Waals surface area contributed by atoms with Crippen molar-refractivity contribution in [2.75, 3.05) is 10.9 Å². The lowest BCUT2D eigenvalue weighted by atomic mass is 10.2. The van der Waals surface area contributed by atoms with Gasteiger partial charge in [-0.3, -0.25) is 20.8 Å². The molecule has 0 bridgehead atoms. The Morgan fingerprint density at radius 1 is 0.600 bits per heavy atom. The Hall–Kier alpha value is -3.48. The van der Waals surface area contributed by atoms with Crippen molar-refractivity contribution in [1.29, 1.82) is 0 Å². The molecular weight excluding hydrogens is 419 g/mol. The third kappa shape index (κ3) is 3.70. The van der Waals surface area contributed by atoms with Crippen molar-refractivity contribution in [2.24, 2.45) is 10.2 Å². The lowest BCUT2D eigenvalue weighted by Gasteiger charge is -1.99. The van der Waals surface area contributed by atoms with Crippen molar-refractivity contribution in [3.8, 4) is 0 Å². The second-order valence-corrected chi connectivity index (χ2v) is 7.51.